The van der Waals surface area contributed by atoms with E-state index in [9.17, 15) is 4.39 Å². The molecule has 3 rings (SSSR count). The van der Waals surface area contributed by atoms with Gasteiger partial charge in [-0.2, -0.15) is 0 Å². The fourth-order valence-corrected chi connectivity index (χ4v) is 2.63. The summed E-state index contributed by atoms with van der Waals surface area (Å²) in [5, 5.41) is 0. The van der Waals surface area contributed by atoms with Crippen LogP contribution in [0.4, 0.5) is 10.1 Å². The van der Waals surface area contributed by atoms with E-state index in [1.807, 2.05) is 12.1 Å². The second-order valence-electron chi connectivity index (χ2n) is 4.30. The third-order valence-corrected chi connectivity index (χ3v) is 3.32. The first-order chi connectivity index (χ1) is 7.79. The second-order valence-corrected chi connectivity index (χ2v) is 4.30. The van der Waals surface area contributed by atoms with Crippen molar-refractivity contribution >= 4 is 5.69 Å². The van der Waals surface area contributed by atoms with Crippen molar-refractivity contribution in [3.05, 3.63) is 42.2 Å². The van der Waals surface area contributed by atoms with Crippen LogP contribution in [0.3, 0.4) is 0 Å². The molecule has 2 aliphatic rings. The maximum Gasteiger partial charge on any atom is 0.131 e. The summed E-state index contributed by atoms with van der Waals surface area (Å²) in [6.45, 7) is 4.44. The molecule has 1 saturated heterocycles. The van der Waals surface area contributed by atoms with Crippen molar-refractivity contribution in [1.29, 1.82) is 0 Å². The summed E-state index contributed by atoms with van der Waals surface area (Å²) in [4.78, 5) is 2.09. The second kappa shape index (κ2) is 3.59. The van der Waals surface area contributed by atoms with Crippen molar-refractivity contribution in [2.45, 2.75) is 25.2 Å². The lowest BCUT2D eigenvalue weighted by Crippen LogP contribution is -2.38. The molecular formula is C13H14FNO. The molecule has 0 aromatic heterocycles. The Bertz CT molecular complexity index is 432. The van der Waals surface area contributed by atoms with Crippen LogP contribution < -0.4 is 4.90 Å². The first-order valence-corrected chi connectivity index (χ1v) is 5.62. The van der Waals surface area contributed by atoms with Gasteiger partial charge < -0.3 is 9.64 Å². The minimum atomic E-state index is -0.186. The van der Waals surface area contributed by atoms with Crippen molar-refractivity contribution in [3.8, 4) is 0 Å². The number of halogens is 1. The number of rotatable bonds is 2. The van der Waals surface area contributed by atoms with Gasteiger partial charge in [-0.25, -0.2) is 4.39 Å². The van der Waals surface area contributed by atoms with Crippen LogP contribution in [0, 0.1) is 5.82 Å². The average Bonchev–Trinajstić information content (AvgIpc) is 2.70. The molecular weight excluding hydrogens is 205 g/mol. The van der Waals surface area contributed by atoms with Gasteiger partial charge >= 0.3 is 0 Å². The number of benzene rings is 1. The molecule has 1 fully saturated rings. The topological polar surface area (TPSA) is 12.5 Å². The minimum Gasteiger partial charge on any atom is -0.350 e. The van der Waals surface area contributed by atoms with Gasteiger partial charge in [-0.3, -0.25) is 0 Å². The Morgan fingerprint density at radius 2 is 2.38 bits per heavy atom. The monoisotopic (exact) mass is 219 g/mol. The summed E-state index contributed by atoms with van der Waals surface area (Å²) >= 11 is 0. The lowest BCUT2D eigenvalue weighted by atomic mass is 10.0. The molecule has 2 unspecified atom stereocenters. The molecule has 2 bridgehead atoms. The van der Waals surface area contributed by atoms with Crippen molar-refractivity contribution in [2.75, 3.05) is 11.4 Å². The zero-order valence-corrected chi connectivity index (χ0v) is 9.03. The average molecular weight is 219 g/mol. The number of ether oxygens (including phenoxy) is 1. The van der Waals surface area contributed by atoms with Crippen molar-refractivity contribution in [2.24, 2.45) is 0 Å². The fraction of sp³-hybridized carbons (Fsp3) is 0.385. The maximum absolute atomic E-state index is 13.3. The minimum absolute atomic E-state index is 0.0947. The van der Waals surface area contributed by atoms with Crippen LogP contribution in [0.25, 0.3) is 0 Å². The number of anilines is 1. The van der Waals surface area contributed by atoms with E-state index >= 15 is 0 Å². The van der Waals surface area contributed by atoms with Gasteiger partial charge in [0, 0.05) is 17.8 Å². The van der Waals surface area contributed by atoms with Gasteiger partial charge in [-0.1, -0.05) is 12.1 Å². The van der Waals surface area contributed by atoms with Gasteiger partial charge in [-0.05, 0) is 25.0 Å². The summed E-state index contributed by atoms with van der Waals surface area (Å²) in [6.07, 6.45) is 4.11. The van der Waals surface area contributed by atoms with Crippen molar-refractivity contribution in [3.63, 3.8) is 0 Å². The van der Waals surface area contributed by atoms with E-state index in [2.05, 4.69) is 11.5 Å². The Hall–Kier alpha value is -1.35. The molecule has 2 aliphatic heterocycles. The van der Waals surface area contributed by atoms with Crippen LogP contribution in [-0.4, -0.2) is 12.8 Å². The number of hydrogen-bond donors (Lipinski definition) is 0. The molecule has 3 heteroatoms. The van der Waals surface area contributed by atoms with Gasteiger partial charge in [0.05, 0.1) is 6.10 Å². The summed E-state index contributed by atoms with van der Waals surface area (Å²) in [5.41, 5.74) is 2.08. The lowest BCUT2D eigenvalue weighted by Gasteiger charge is -2.36. The molecule has 0 saturated carbocycles. The number of fused-ring (bicyclic) bond motifs is 4. The quantitative estimate of drug-likeness (QED) is 0.709. The maximum atomic E-state index is 13.3. The Balaban J connectivity index is 2.09. The number of nitrogens with zero attached hydrogens (tertiary/aromatic N) is 1. The molecule has 2 heterocycles. The van der Waals surface area contributed by atoms with Crippen LogP contribution in [0.15, 0.2) is 30.9 Å². The van der Waals surface area contributed by atoms with Crippen molar-refractivity contribution in [1.82, 2.24) is 0 Å². The van der Waals surface area contributed by atoms with E-state index in [0.717, 1.165) is 24.1 Å². The zero-order chi connectivity index (χ0) is 11.1. The van der Waals surface area contributed by atoms with Crippen LogP contribution in [0.2, 0.25) is 0 Å². The molecule has 1 aromatic rings. The fourth-order valence-electron chi connectivity index (χ4n) is 2.63. The lowest BCUT2D eigenvalue weighted by molar-refractivity contribution is 0.0335. The molecule has 84 valence electrons. The molecule has 0 aliphatic carbocycles. The molecule has 0 amide bonds. The predicted octanol–water partition coefficient (Wildman–Crippen LogP) is 3.01. The Labute approximate surface area is 94.3 Å². The van der Waals surface area contributed by atoms with Crippen LogP contribution in [0.1, 0.15) is 24.5 Å². The molecule has 2 atom stereocenters. The van der Waals surface area contributed by atoms with Crippen LogP contribution in [-0.2, 0) is 4.74 Å². The van der Waals surface area contributed by atoms with E-state index < -0.39 is 0 Å². The normalized spacial score (nSPS) is 26.7. The SMILES string of the molecule is C=CCN1c2cc(F)ccc2C2CCC1O2. The van der Waals surface area contributed by atoms with E-state index in [1.165, 1.54) is 6.07 Å². The van der Waals surface area contributed by atoms with Crippen LogP contribution in [0.5, 0.6) is 0 Å². The summed E-state index contributed by atoms with van der Waals surface area (Å²) in [6, 6.07) is 4.95. The molecule has 0 N–H and O–H groups in total. The highest BCUT2D eigenvalue weighted by atomic mass is 19.1. The van der Waals surface area contributed by atoms with Gasteiger partial charge in [0.1, 0.15) is 12.0 Å². The molecule has 16 heavy (non-hydrogen) atoms. The molecule has 2 nitrogen and oxygen atoms in total. The van der Waals surface area contributed by atoms with Gasteiger partial charge in [0.25, 0.3) is 0 Å². The van der Waals surface area contributed by atoms with Gasteiger partial charge in [-0.15, -0.1) is 6.58 Å². The zero-order valence-electron chi connectivity index (χ0n) is 9.03. The highest BCUT2D eigenvalue weighted by Crippen LogP contribution is 2.45. The van der Waals surface area contributed by atoms with E-state index in [0.29, 0.717) is 6.54 Å². The predicted molar refractivity (Wildman–Crippen MR) is 60.8 cm³/mol. The third kappa shape index (κ3) is 1.35. The molecule has 0 spiro atoms. The third-order valence-electron chi connectivity index (χ3n) is 3.32. The van der Waals surface area contributed by atoms with E-state index in [4.69, 9.17) is 4.74 Å². The first-order valence-electron chi connectivity index (χ1n) is 5.62. The van der Waals surface area contributed by atoms with E-state index in [-0.39, 0.29) is 18.1 Å². The molecule has 0 radical (unpaired) electrons. The first kappa shape index (κ1) is 9.85. The summed E-state index contributed by atoms with van der Waals surface area (Å²) in [5.74, 6) is -0.186. The van der Waals surface area contributed by atoms with Crippen LogP contribution >= 0.6 is 0 Å². The number of hydrogen-bond acceptors (Lipinski definition) is 2. The Morgan fingerprint density at radius 3 is 3.19 bits per heavy atom. The standard InChI is InChI=1S/C13H14FNO/c1-2-7-15-11-8-9(14)3-4-10(11)12-5-6-13(15)16-12/h2-4,8,12-13H,1,5-7H2. The van der Waals surface area contributed by atoms with Gasteiger partial charge in [0.15, 0.2) is 0 Å². The van der Waals surface area contributed by atoms with Gasteiger partial charge in [0.2, 0.25) is 0 Å². The molecule has 1 aromatic carbocycles. The van der Waals surface area contributed by atoms with Crippen molar-refractivity contribution < 1.29 is 9.13 Å². The summed E-state index contributed by atoms with van der Waals surface area (Å²) < 4.78 is 19.2. The highest BCUT2D eigenvalue weighted by Gasteiger charge is 2.38. The largest absolute Gasteiger partial charge is 0.350 e. The Kier molecular flexibility index (Phi) is 2.21. The van der Waals surface area contributed by atoms with E-state index in [1.54, 1.807) is 6.07 Å². The summed E-state index contributed by atoms with van der Waals surface area (Å²) in [7, 11) is 0. The Morgan fingerprint density at radius 1 is 1.50 bits per heavy atom. The smallest absolute Gasteiger partial charge is 0.131 e. The highest BCUT2D eigenvalue weighted by molar-refractivity contribution is 5.58.